The van der Waals surface area contributed by atoms with E-state index in [2.05, 4.69) is 23.9 Å². The van der Waals surface area contributed by atoms with Gasteiger partial charge in [-0.25, -0.2) is 8.42 Å². The first-order chi connectivity index (χ1) is 16.1. The van der Waals surface area contributed by atoms with Gasteiger partial charge >= 0.3 is 0 Å². The van der Waals surface area contributed by atoms with Crippen molar-refractivity contribution in [1.29, 1.82) is 0 Å². The van der Waals surface area contributed by atoms with E-state index in [0.29, 0.717) is 23.0 Å². The summed E-state index contributed by atoms with van der Waals surface area (Å²) in [5.41, 5.74) is 4.01. The summed E-state index contributed by atoms with van der Waals surface area (Å²) < 4.78 is 34.1. The smallest absolute Gasteiger partial charge is 0.265 e. The average Bonchev–Trinajstić information content (AvgIpc) is 2.78. The Morgan fingerprint density at radius 1 is 0.912 bits per heavy atom. The second-order valence-electron chi connectivity index (χ2n) is 8.60. The second-order valence-corrected chi connectivity index (χ2v) is 10.3. The van der Waals surface area contributed by atoms with Crippen LogP contribution in [0.5, 0.6) is 5.75 Å². The summed E-state index contributed by atoms with van der Waals surface area (Å²) >= 11 is 0. The van der Waals surface area contributed by atoms with Crippen LogP contribution in [0, 0.1) is 13.8 Å². The third-order valence-corrected chi connectivity index (χ3v) is 7.04. The molecular weight excluding hydrogens is 448 g/mol. The molecule has 0 aliphatic carbocycles. The summed E-state index contributed by atoms with van der Waals surface area (Å²) in [6.07, 6.45) is 0.244. The maximum atomic E-state index is 12.8. The van der Waals surface area contributed by atoms with Gasteiger partial charge in [0.15, 0.2) is 6.10 Å². The number of carbonyl (C=O) groups excluding carboxylic acids is 1. The van der Waals surface area contributed by atoms with Gasteiger partial charge in [-0.2, -0.15) is 0 Å². The van der Waals surface area contributed by atoms with Crippen LogP contribution in [0.4, 0.5) is 11.4 Å². The van der Waals surface area contributed by atoms with Crippen molar-refractivity contribution in [1.82, 2.24) is 0 Å². The number of hydrogen-bond acceptors (Lipinski definition) is 4. The van der Waals surface area contributed by atoms with Gasteiger partial charge in [-0.15, -0.1) is 0 Å². The summed E-state index contributed by atoms with van der Waals surface area (Å²) in [6.45, 7) is 9.75. The SMILES string of the molecule is CCC(C)c1ccccc1OC(C)C(=O)Nc1ccc(S(=O)(=O)Nc2cc(C)cc(C)c2)cc1. The number of para-hydroxylation sites is 1. The van der Waals surface area contributed by atoms with Gasteiger partial charge in [-0.3, -0.25) is 9.52 Å². The van der Waals surface area contributed by atoms with E-state index in [4.69, 9.17) is 4.74 Å². The molecule has 34 heavy (non-hydrogen) atoms. The van der Waals surface area contributed by atoms with Crippen LogP contribution in [-0.2, 0) is 14.8 Å². The Morgan fingerprint density at radius 3 is 2.15 bits per heavy atom. The Kier molecular flexibility index (Phi) is 7.99. The zero-order chi connectivity index (χ0) is 24.9. The Bertz CT molecular complexity index is 1230. The Labute approximate surface area is 202 Å². The van der Waals surface area contributed by atoms with Crippen molar-refractivity contribution in [2.75, 3.05) is 10.0 Å². The highest BCUT2D eigenvalue weighted by atomic mass is 32.2. The average molecular weight is 481 g/mol. The number of nitrogens with one attached hydrogen (secondary N) is 2. The number of carbonyl (C=O) groups is 1. The molecule has 0 fully saturated rings. The van der Waals surface area contributed by atoms with Crippen molar-refractivity contribution in [3.8, 4) is 5.75 Å². The number of sulfonamides is 1. The van der Waals surface area contributed by atoms with Crippen molar-refractivity contribution in [2.24, 2.45) is 0 Å². The third kappa shape index (κ3) is 6.38. The molecule has 0 saturated heterocycles. The first-order valence-corrected chi connectivity index (χ1v) is 12.8. The van der Waals surface area contributed by atoms with E-state index < -0.39 is 16.1 Å². The molecule has 0 aliphatic heterocycles. The number of anilines is 2. The number of benzene rings is 3. The molecule has 0 radical (unpaired) electrons. The zero-order valence-corrected chi connectivity index (χ0v) is 21.1. The molecule has 7 heteroatoms. The van der Waals surface area contributed by atoms with E-state index >= 15 is 0 Å². The summed E-state index contributed by atoms with van der Waals surface area (Å²) in [7, 11) is -3.75. The molecule has 180 valence electrons. The van der Waals surface area contributed by atoms with Gasteiger partial charge in [0.25, 0.3) is 15.9 Å². The van der Waals surface area contributed by atoms with Gasteiger partial charge in [-0.05, 0) is 92.3 Å². The molecule has 3 rings (SSSR count). The van der Waals surface area contributed by atoms with Crippen LogP contribution >= 0.6 is 0 Å². The number of rotatable bonds is 9. The molecule has 0 aromatic heterocycles. The quantitative estimate of drug-likeness (QED) is 0.392. The molecule has 0 saturated carbocycles. The molecule has 2 atom stereocenters. The Hall–Kier alpha value is -3.32. The van der Waals surface area contributed by atoms with Crippen molar-refractivity contribution < 1.29 is 17.9 Å². The van der Waals surface area contributed by atoms with Crippen LogP contribution in [0.2, 0.25) is 0 Å². The fourth-order valence-corrected chi connectivity index (χ4v) is 4.71. The van der Waals surface area contributed by atoms with Crippen LogP contribution in [0.1, 0.15) is 49.8 Å². The normalized spacial score (nSPS) is 13.1. The van der Waals surface area contributed by atoms with Crippen LogP contribution < -0.4 is 14.8 Å². The molecular formula is C27H32N2O4S. The standard InChI is InChI=1S/C27H32N2O4S/c1-6-20(4)25-9-7-8-10-26(25)33-21(5)27(30)28-22-11-13-24(14-12-22)34(31,32)29-23-16-18(2)15-19(3)17-23/h7-17,20-21,29H,6H2,1-5H3,(H,28,30). The number of hydrogen-bond donors (Lipinski definition) is 2. The van der Waals surface area contributed by atoms with E-state index in [1.54, 1.807) is 31.2 Å². The monoisotopic (exact) mass is 480 g/mol. The van der Waals surface area contributed by atoms with Crippen molar-refractivity contribution in [2.45, 2.75) is 58.0 Å². The predicted molar refractivity (Wildman–Crippen MR) is 137 cm³/mol. The van der Waals surface area contributed by atoms with Gasteiger partial charge in [0, 0.05) is 11.4 Å². The maximum absolute atomic E-state index is 12.8. The van der Waals surface area contributed by atoms with Gasteiger partial charge in [0.05, 0.1) is 4.90 Å². The van der Waals surface area contributed by atoms with E-state index in [1.807, 2.05) is 44.2 Å². The number of aryl methyl sites for hydroxylation is 2. The van der Waals surface area contributed by atoms with Gasteiger partial charge in [-0.1, -0.05) is 38.1 Å². The van der Waals surface area contributed by atoms with E-state index in [0.717, 1.165) is 23.1 Å². The highest BCUT2D eigenvalue weighted by Crippen LogP contribution is 2.29. The number of ether oxygens (including phenoxy) is 1. The first-order valence-electron chi connectivity index (χ1n) is 11.4. The summed E-state index contributed by atoms with van der Waals surface area (Å²) in [6, 6.07) is 19.3. The predicted octanol–water partition coefficient (Wildman–Crippen LogP) is 6.02. The minimum atomic E-state index is -3.75. The minimum Gasteiger partial charge on any atom is -0.481 e. The molecule has 6 nitrogen and oxygen atoms in total. The molecule has 0 bridgehead atoms. The minimum absolute atomic E-state index is 0.108. The van der Waals surface area contributed by atoms with Crippen LogP contribution in [0.15, 0.2) is 71.6 Å². The van der Waals surface area contributed by atoms with E-state index in [9.17, 15) is 13.2 Å². The molecule has 3 aromatic carbocycles. The lowest BCUT2D eigenvalue weighted by atomic mass is 9.98. The van der Waals surface area contributed by atoms with Crippen LogP contribution in [-0.4, -0.2) is 20.4 Å². The zero-order valence-electron chi connectivity index (χ0n) is 20.3. The summed E-state index contributed by atoms with van der Waals surface area (Å²) in [4.78, 5) is 12.8. The molecule has 3 aromatic rings. The topological polar surface area (TPSA) is 84.5 Å². The lowest BCUT2D eigenvalue weighted by Gasteiger charge is -2.19. The molecule has 0 spiro atoms. The molecule has 1 amide bonds. The molecule has 2 N–H and O–H groups in total. The number of amides is 1. The third-order valence-electron chi connectivity index (χ3n) is 5.64. The van der Waals surface area contributed by atoms with Crippen LogP contribution in [0.3, 0.4) is 0 Å². The summed E-state index contributed by atoms with van der Waals surface area (Å²) in [5, 5.41) is 2.79. The lowest BCUT2D eigenvalue weighted by Crippen LogP contribution is -2.30. The molecule has 0 aliphatic rings. The van der Waals surface area contributed by atoms with Gasteiger partial charge < -0.3 is 10.1 Å². The van der Waals surface area contributed by atoms with E-state index in [-0.39, 0.29) is 10.8 Å². The first kappa shape index (κ1) is 25.3. The van der Waals surface area contributed by atoms with Crippen LogP contribution in [0.25, 0.3) is 0 Å². The van der Waals surface area contributed by atoms with Gasteiger partial charge in [0.2, 0.25) is 0 Å². The Balaban J connectivity index is 1.66. The van der Waals surface area contributed by atoms with Gasteiger partial charge in [0.1, 0.15) is 5.75 Å². The molecule has 2 unspecified atom stereocenters. The largest absolute Gasteiger partial charge is 0.481 e. The van der Waals surface area contributed by atoms with Crippen molar-refractivity contribution in [3.63, 3.8) is 0 Å². The van der Waals surface area contributed by atoms with E-state index in [1.165, 1.54) is 12.1 Å². The van der Waals surface area contributed by atoms with Crippen molar-refractivity contribution >= 4 is 27.3 Å². The molecule has 0 heterocycles. The lowest BCUT2D eigenvalue weighted by molar-refractivity contribution is -0.122. The highest BCUT2D eigenvalue weighted by Gasteiger charge is 2.19. The summed E-state index contributed by atoms with van der Waals surface area (Å²) in [5.74, 6) is 0.694. The second kappa shape index (κ2) is 10.7. The fourth-order valence-electron chi connectivity index (χ4n) is 3.67. The highest BCUT2D eigenvalue weighted by molar-refractivity contribution is 7.92. The maximum Gasteiger partial charge on any atom is 0.265 e. The van der Waals surface area contributed by atoms with Crippen molar-refractivity contribution in [3.05, 3.63) is 83.4 Å². The Morgan fingerprint density at radius 2 is 1.53 bits per heavy atom. The fraction of sp³-hybridized carbons (Fsp3) is 0.296.